The minimum atomic E-state index is 0.428. The normalized spacial score (nSPS) is 17.2. The molecule has 1 fully saturated rings. The minimum Gasteiger partial charge on any atom is -0.383 e. The van der Waals surface area contributed by atoms with Crippen molar-refractivity contribution in [3.05, 3.63) is 23.0 Å². The maximum absolute atomic E-state index is 9.27. The number of hydrogen-bond donors (Lipinski definition) is 1. The third-order valence-electron chi connectivity index (χ3n) is 4.51. The molecule has 0 aliphatic heterocycles. The molecule has 1 heterocycles. The summed E-state index contributed by atoms with van der Waals surface area (Å²) >= 11 is 0. The first-order chi connectivity index (χ1) is 9.10. The van der Waals surface area contributed by atoms with E-state index in [0.29, 0.717) is 11.0 Å². The molecule has 1 aromatic rings. The number of aryl methyl sites for hydroxylation is 2. The number of pyridine rings is 1. The molecule has 1 aliphatic carbocycles. The van der Waals surface area contributed by atoms with Gasteiger partial charge in [0.15, 0.2) is 0 Å². The maximum Gasteiger partial charge on any atom is 0.103 e. The van der Waals surface area contributed by atoms with Gasteiger partial charge in [-0.1, -0.05) is 19.8 Å². The summed E-state index contributed by atoms with van der Waals surface area (Å²) in [6, 6.07) is 4.26. The van der Waals surface area contributed by atoms with Crippen LogP contribution in [0.2, 0.25) is 0 Å². The first-order valence-corrected chi connectivity index (χ1v) is 7.22. The minimum absolute atomic E-state index is 0.428. The summed E-state index contributed by atoms with van der Waals surface area (Å²) in [5, 5.41) is 12.8. The molecule has 1 N–H and O–H groups in total. The van der Waals surface area contributed by atoms with Crippen LogP contribution in [0.25, 0.3) is 0 Å². The molecule has 0 bridgehead atoms. The molecule has 19 heavy (non-hydrogen) atoms. The zero-order valence-corrected chi connectivity index (χ0v) is 12.2. The van der Waals surface area contributed by atoms with Gasteiger partial charge in [-0.25, -0.2) is 0 Å². The van der Waals surface area contributed by atoms with Crippen LogP contribution in [-0.2, 0) is 0 Å². The summed E-state index contributed by atoms with van der Waals surface area (Å²) in [7, 11) is 0. The van der Waals surface area contributed by atoms with Crippen molar-refractivity contribution < 1.29 is 0 Å². The lowest BCUT2D eigenvalue weighted by Gasteiger charge is -2.28. The first-order valence-electron chi connectivity index (χ1n) is 7.22. The van der Waals surface area contributed by atoms with Crippen molar-refractivity contribution in [2.24, 2.45) is 5.41 Å². The average Bonchev–Trinajstić information content (AvgIpc) is 2.85. The van der Waals surface area contributed by atoms with Crippen molar-refractivity contribution in [3.8, 4) is 6.07 Å². The monoisotopic (exact) mass is 257 g/mol. The average molecular weight is 257 g/mol. The van der Waals surface area contributed by atoms with Crippen LogP contribution in [0, 0.1) is 30.6 Å². The van der Waals surface area contributed by atoms with Crippen molar-refractivity contribution in [2.75, 3.05) is 11.9 Å². The van der Waals surface area contributed by atoms with Gasteiger partial charge >= 0.3 is 0 Å². The van der Waals surface area contributed by atoms with Gasteiger partial charge < -0.3 is 5.32 Å². The first kappa shape index (κ1) is 13.9. The van der Waals surface area contributed by atoms with E-state index in [-0.39, 0.29) is 0 Å². The number of nitrogens with one attached hydrogen (secondary N) is 1. The Kier molecular flexibility index (Phi) is 4.09. The lowest BCUT2D eigenvalue weighted by Crippen LogP contribution is -2.26. The number of aromatic nitrogens is 1. The zero-order chi connectivity index (χ0) is 13.9. The molecule has 1 aromatic heterocycles. The van der Waals surface area contributed by atoms with Crippen molar-refractivity contribution in [1.29, 1.82) is 5.26 Å². The zero-order valence-electron chi connectivity index (χ0n) is 12.2. The highest BCUT2D eigenvalue weighted by molar-refractivity contribution is 5.59. The van der Waals surface area contributed by atoms with Crippen LogP contribution in [0.3, 0.4) is 0 Å². The predicted molar refractivity (Wildman–Crippen MR) is 78.1 cm³/mol. The van der Waals surface area contributed by atoms with Crippen LogP contribution < -0.4 is 5.32 Å². The molecule has 0 unspecified atom stereocenters. The molecule has 3 nitrogen and oxygen atoms in total. The van der Waals surface area contributed by atoms with Gasteiger partial charge in [-0.3, -0.25) is 4.98 Å². The van der Waals surface area contributed by atoms with E-state index >= 15 is 0 Å². The van der Waals surface area contributed by atoms with E-state index in [9.17, 15) is 5.26 Å². The lowest BCUT2D eigenvalue weighted by molar-refractivity contribution is 0.307. The number of rotatable bonds is 4. The molecule has 0 aromatic carbocycles. The topological polar surface area (TPSA) is 48.7 Å². The molecule has 2 rings (SSSR count). The molecular weight excluding hydrogens is 234 g/mol. The number of nitriles is 1. The fourth-order valence-electron chi connectivity index (χ4n) is 3.17. The van der Waals surface area contributed by atoms with Gasteiger partial charge in [-0.05, 0) is 44.6 Å². The Labute approximate surface area is 116 Å². The number of anilines is 1. The third-order valence-corrected chi connectivity index (χ3v) is 4.51. The van der Waals surface area contributed by atoms with Crippen LogP contribution in [0.15, 0.2) is 6.07 Å². The molecule has 3 heteroatoms. The molecule has 0 amide bonds. The van der Waals surface area contributed by atoms with E-state index in [2.05, 4.69) is 23.3 Å². The molecule has 0 radical (unpaired) electrons. The van der Waals surface area contributed by atoms with Gasteiger partial charge in [0.25, 0.3) is 0 Å². The Morgan fingerprint density at radius 3 is 2.63 bits per heavy atom. The summed E-state index contributed by atoms with van der Waals surface area (Å²) in [5.74, 6) is 0. The van der Waals surface area contributed by atoms with Gasteiger partial charge in [0.1, 0.15) is 6.07 Å². The van der Waals surface area contributed by atoms with Crippen LogP contribution in [0.5, 0.6) is 0 Å². The van der Waals surface area contributed by atoms with Crippen molar-refractivity contribution in [2.45, 2.75) is 52.9 Å². The largest absolute Gasteiger partial charge is 0.383 e. The summed E-state index contributed by atoms with van der Waals surface area (Å²) < 4.78 is 0. The van der Waals surface area contributed by atoms with Gasteiger partial charge in [-0.15, -0.1) is 0 Å². The van der Waals surface area contributed by atoms with Crippen LogP contribution in [0.1, 0.15) is 56.0 Å². The summed E-state index contributed by atoms with van der Waals surface area (Å²) in [5.41, 5.74) is 3.86. The van der Waals surface area contributed by atoms with Gasteiger partial charge in [-0.2, -0.15) is 5.26 Å². The molecule has 1 saturated carbocycles. The van der Waals surface area contributed by atoms with E-state index < -0.39 is 0 Å². The molecule has 102 valence electrons. The molecule has 1 aliphatic rings. The highest BCUT2D eigenvalue weighted by Gasteiger charge is 2.31. The van der Waals surface area contributed by atoms with Gasteiger partial charge in [0.05, 0.1) is 16.9 Å². The van der Waals surface area contributed by atoms with Gasteiger partial charge in [0, 0.05) is 12.2 Å². The Morgan fingerprint density at radius 1 is 1.37 bits per heavy atom. The van der Waals surface area contributed by atoms with Crippen molar-refractivity contribution in [3.63, 3.8) is 0 Å². The second kappa shape index (κ2) is 5.61. The van der Waals surface area contributed by atoms with E-state index in [4.69, 9.17) is 0 Å². The maximum atomic E-state index is 9.27. The third kappa shape index (κ3) is 2.89. The summed E-state index contributed by atoms with van der Waals surface area (Å²) in [4.78, 5) is 4.36. The van der Waals surface area contributed by atoms with Crippen molar-refractivity contribution >= 4 is 5.69 Å². The highest BCUT2D eigenvalue weighted by Crippen LogP contribution is 2.41. The predicted octanol–water partition coefficient (Wildman–Crippen LogP) is 3.95. The van der Waals surface area contributed by atoms with Crippen LogP contribution in [0.4, 0.5) is 5.69 Å². The van der Waals surface area contributed by atoms with Crippen LogP contribution in [-0.4, -0.2) is 11.5 Å². The second-order valence-corrected chi connectivity index (χ2v) is 5.80. The fraction of sp³-hybridized carbons (Fsp3) is 0.625. The molecular formula is C16H23N3. The lowest BCUT2D eigenvalue weighted by atomic mass is 9.83. The molecule has 0 atom stereocenters. The fourth-order valence-corrected chi connectivity index (χ4v) is 3.17. The van der Waals surface area contributed by atoms with E-state index in [0.717, 1.165) is 23.6 Å². The van der Waals surface area contributed by atoms with E-state index in [1.807, 2.05) is 19.9 Å². The molecule has 0 saturated heterocycles. The molecule has 0 spiro atoms. The standard InChI is InChI=1S/C16H23N3/c1-4-16(7-5-6-8-16)11-18-15-9-12(2)19-13(3)14(15)10-17/h9H,4-8,11H2,1-3H3,(H,18,19). The van der Waals surface area contributed by atoms with Crippen molar-refractivity contribution in [1.82, 2.24) is 4.98 Å². The Hall–Kier alpha value is -1.56. The van der Waals surface area contributed by atoms with Gasteiger partial charge in [0.2, 0.25) is 0 Å². The summed E-state index contributed by atoms with van der Waals surface area (Å²) in [6.45, 7) is 7.13. The summed E-state index contributed by atoms with van der Waals surface area (Å²) in [6.07, 6.45) is 6.51. The van der Waals surface area contributed by atoms with Crippen LogP contribution >= 0.6 is 0 Å². The smallest absolute Gasteiger partial charge is 0.103 e. The Morgan fingerprint density at radius 2 is 2.05 bits per heavy atom. The SMILES string of the molecule is CCC1(CNc2cc(C)nc(C)c2C#N)CCCC1. The highest BCUT2D eigenvalue weighted by atomic mass is 14.9. The Balaban J connectivity index is 2.17. The number of hydrogen-bond acceptors (Lipinski definition) is 3. The number of nitrogens with zero attached hydrogens (tertiary/aromatic N) is 2. The quantitative estimate of drug-likeness (QED) is 0.888. The van der Waals surface area contributed by atoms with E-state index in [1.165, 1.54) is 32.1 Å². The second-order valence-electron chi connectivity index (χ2n) is 5.80. The van der Waals surface area contributed by atoms with E-state index in [1.54, 1.807) is 0 Å². The Bertz CT molecular complexity index is 493.